The molecule has 0 heterocycles. The van der Waals surface area contributed by atoms with E-state index < -0.39 is 28.9 Å². The van der Waals surface area contributed by atoms with E-state index in [1.807, 2.05) is 0 Å². The monoisotopic (exact) mass is 235 g/mol. The number of hydrogen-bond donors (Lipinski definition) is 2. The minimum atomic E-state index is -1.31. The van der Waals surface area contributed by atoms with Crippen LogP contribution in [0.4, 0.5) is 4.79 Å². The van der Waals surface area contributed by atoms with E-state index in [9.17, 15) is 13.8 Å². The molecule has 0 bridgehead atoms. The Bertz CT molecular complexity index is 278. The van der Waals surface area contributed by atoms with Crippen LogP contribution in [0.25, 0.3) is 0 Å². The molecule has 0 saturated carbocycles. The van der Waals surface area contributed by atoms with Crippen LogP contribution in [-0.4, -0.2) is 46.0 Å². The van der Waals surface area contributed by atoms with Gasteiger partial charge in [-0.1, -0.05) is 12.7 Å². The maximum atomic E-state index is 11.0. The lowest BCUT2D eigenvalue weighted by Gasteiger charge is -2.12. The first kappa shape index (κ1) is 13.6. The highest BCUT2D eigenvalue weighted by molar-refractivity contribution is 7.84. The van der Waals surface area contributed by atoms with Gasteiger partial charge in [-0.15, -0.1) is 0 Å². The first-order valence-corrected chi connectivity index (χ1v) is 5.77. The summed E-state index contributed by atoms with van der Waals surface area (Å²) in [4.78, 5) is 21.6. The molecule has 0 aliphatic carbocycles. The van der Waals surface area contributed by atoms with Gasteiger partial charge in [-0.3, -0.25) is 4.21 Å². The summed E-state index contributed by atoms with van der Waals surface area (Å²) in [6, 6.07) is -1.20. The van der Waals surface area contributed by atoms with Crippen LogP contribution in [0.1, 0.15) is 0 Å². The van der Waals surface area contributed by atoms with E-state index in [4.69, 9.17) is 5.11 Å². The van der Waals surface area contributed by atoms with Gasteiger partial charge in [0.1, 0.15) is 12.6 Å². The second-order valence-electron chi connectivity index (χ2n) is 2.66. The number of rotatable bonds is 6. The van der Waals surface area contributed by atoms with Gasteiger partial charge < -0.3 is 15.2 Å². The minimum absolute atomic E-state index is 0.00656. The summed E-state index contributed by atoms with van der Waals surface area (Å²) in [6.07, 6.45) is 1.84. The average molecular weight is 235 g/mol. The largest absolute Gasteiger partial charge is 0.480 e. The number of amides is 1. The highest BCUT2D eigenvalue weighted by atomic mass is 32.2. The molecule has 0 radical (unpaired) electrons. The summed E-state index contributed by atoms with van der Waals surface area (Å²) in [5.74, 6) is -1.40. The van der Waals surface area contributed by atoms with Gasteiger partial charge in [0.25, 0.3) is 0 Å². The fourth-order valence-corrected chi connectivity index (χ4v) is 1.42. The molecule has 0 saturated heterocycles. The van der Waals surface area contributed by atoms with E-state index >= 15 is 0 Å². The molecule has 0 rings (SSSR count). The number of hydrogen-bond acceptors (Lipinski definition) is 4. The van der Waals surface area contributed by atoms with Crippen LogP contribution < -0.4 is 5.32 Å². The van der Waals surface area contributed by atoms with Crippen molar-refractivity contribution in [3.05, 3.63) is 12.7 Å². The third-order valence-electron chi connectivity index (χ3n) is 1.32. The number of carbonyl (C=O) groups excluding carboxylic acids is 1. The topological polar surface area (TPSA) is 92.7 Å². The first-order chi connectivity index (χ1) is 6.97. The number of alkyl carbamates (subject to hydrolysis) is 1. The van der Waals surface area contributed by atoms with E-state index in [2.05, 4.69) is 16.6 Å². The van der Waals surface area contributed by atoms with E-state index in [1.165, 1.54) is 12.3 Å². The molecule has 15 heavy (non-hydrogen) atoms. The molecule has 6 nitrogen and oxygen atoms in total. The molecular formula is C8H13NO5S. The molecule has 86 valence electrons. The standard InChI is InChI=1S/C8H13NO5S/c1-3-4-14-8(12)9-6(7(10)11)5-15(2)13/h3,6H,1,4-5H2,2H3,(H,9,12)(H,10,11)/t6-,15-/m0/s1. The molecule has 0 spiro atoms. The number of carbonyl (C=O) groups is 2. The molecule has 0 aliphatic rings. The Labute approximate surface area is 89.8 Å². The lowest BCUT2D eigenvalue weighted by molar-refractivity contribution is -0.138. The van der Waals surface area contributed by atoms with Crippen LogP contribution >= 0.6 is 0 Å². The molecule has 7 heteroatoms. The Morgan fingerprint density at radius 1 is 1.67 bits per heavy atom. The average Bonchev–Trinajstić information content (AvgIpc) is 2.12. The first-order valence-electron chi connectivity index (χ1n) is 4.04. The van der Waals surface area contributed by atoms with Gasteiger partial charge in [-0.2, -0.15) is 0 Å². The van der Waals surface area contributed by atoms with E-state index in [0.717, 1.165) is 0 Å². The fraction of sp³-hybridized carbons (Fsp3) is 0.500. The van der Waals surface area contributed by atoms with Crippen LogP contribution in [0.3, 0.4) is 0 Å². The summed E-state index contributed by atoms with van der Waals surface area (Å²) in [7, 11) is -1.31. The van der Waals surface area contributed by atoms with Crippen molar-refractivity contribution in [1.82, 2.24) is 5.32 Å². The van der Waals surface area contributed by atoms with Crippen LogP contribution in [0.5, 0.6) is 0 Å². The zero-order valence-electron chi connectivity index (χ0n) is 8.26. The van der Waals surface area contributed by atoms with E-state index in [1.54, 1.807) is 0 Å². The van der Waals surface area contributed by atoms with Crippen molar-refractivity contribution in [2.75, 3.05) is 18.6 Å². The van der Waals surface area contributed by atoms with Gasteiger partial charge in [0.2, 0.25) is 0 Å². The molecule has 0 aromatic heterocycles. The number of nitrogens with one attached hydrogen (secondary N) is 1. The second kappa shape index (κ2) is 6.99. The lowest BCUT2D eigenvalue weighted by atomic mass is 10.3. The molecule has 1 amide bonds. The van der Waals surface area contributed by atoms with Crippen molar-refractivity contribution in [2.24, 2.45) is 0 Å². The van der Waals surface area contributed by atoms with Crippen molar-refractivity contribution in [2.45, 2.75) is 6.04 Å². The highest BCUT2D eigenvalue weighted by Crippen LogP contribution is 1.90. The summed E-state index contributed by atoms with van der Waals surface area (Å²) in [5, 5.41) is 10.8. The molecule has 0 aromatic rings. The van der Waals surface area contributed by atoms with Crippen LogP contribution in [0, 0.1) is 0 Å². The molecule has 2 atom stereocenters. The van der Waals surface area contributed by atoms with Crippen LogP contribution in [0.2, 0.25) is 0 Å². The van der Waals surface area contributed by atoms with Gasteiger partial charge in [-0.05, 0) is 0 Å². The SMILES string of the molecule is C=CCOC(=O)N[C@@H](C[S@](C)=O)C(=O)O. The summed E-state index contributed by atoms with van der Waals surface area (Å²) < 4.78 is 15.3. The molecular weight excluding hydrogens is 222 g/mol. The maximum absolute atomic E-state index is 11.0. The molecule has 0 fully saturated rings. The van der Waals surface area contributed by atoms with Crippen LogP contribution in [-0.2, 0) is 20.3 Å². The second-order valence-corrected chi connectivity index (χ2v) is 4.14. The number of aliphatic carboxylic acids is 1. The van der Waals surface area contributed by atoms with Gasteiger partial charge in [0.05, 0.1) is 5.75 Å². The van der Waals surface area contributed by atoms with Gasteiger partial charge in [0.15, 0.2) is 0 Å². The third-order valence-corrected chi connectivity index (χ3v) is 2.13. The van der Waals surface area contributed by atoms with Crippen molar-refractivity contribution >= 4 is 22.9 Å². The summed E-state index contributed by atoms with van der Waals surface area (Å²) >= 11 is 0. The quantitative estimate of drug-likeness (QED) is 0.618. The Kier molecular flexibility index (Phi) is 6.35. The Morgan fingerprint density at radius 2 is 2.27 bits per heavy atom. The van der Waals surface area contributed by atoms with Crippen molar-refractivity contribution in [3.8, 4) is 0 Å². The smallest absolute Gasteiger partial charge is 0.408 e. The van der Waals surface area contributed by atoms with Crippen molar-refractivity contribution in [3.63, 3.8) is 0 Å². The molecule has 0 aliphatic heterocycles. The maximum Gasteiger partial charge on any atom is 0.408 e. The zero-order chi connectivity index (χ0) is 11.8. The number of ether oxygens (including phenoxy) is 1. The predicted molar refractivity (Wildman–Crippen MR) is 55.0 cm³/mol. The number of carboxylic acids is 1. The Balaban J connectivity index is 4.16. The third kappa shape index (κ3) is 6.67. The van der Waals surface area contributed by atoms with Gasteiger partial charge in [-0.25, -0.2) is 9.59 Å². The van der Waals surface area contributed by atoms with Gasteiger partial charge in [0, 0.05) is 17.1 Å². The Hall–Kier alpha value is -1.37. The van der Waals surface area contributed by atoms with Crippen molar-refractivity contribution < 1.29 is 23.6 Å². The molecule has 2 N–H and O–H groups in total. The minimum Gasteiger partial charge on any atom is -0.480 e. The van der Waals surface area contributed by atoms with E-state index in [-0.39, 0.29) is 12.4 Å². The number of carboxylic acid groups (broad SMARTS) is 1. The summed E-state index contributed by atoms with van der Waals surface area (Å²) in [5.41, 5.74) is 0. The van der Waals surface area contributed by atoms with Gasteiger partial charge >= 0.3 is 12.1 Å². The normalized spacial score (nSPS) is 13.7. The van der Waals surface area contributed by atoms with Crippen molar-refractivity contribution in [1.29, 1.82) is 0 Å². The fourth-order valence-electron chi connectivity index (χ4n) is 0.728. The molecule has 0 unspecified atom stereocenters. The lowest BCUT2D eigenvalue weighted by Crippen LogP contribution is -2.44. The Morgan fingerprint density at radius 3 is 2.67 bits per heavy atom. The highest BCUT2D eigenvalue weighted by Gasteiger charge is 2.21. The van der Waals surface area contributed by atoms with E-state index in [0.29, 0.717) is 0 Å². The molecule has 0 aromatic carbocycles. The predicted octanol–water partition coefficient (Wildman–Crippen LogP) is -0.270. The summed E-state index contributed by atoms with van der Waals surface area (Å²) in [6.45, 7) is 3.32. The van der Waals surface area contributed by atoms with Crippen LogP contribution in [0.15, 0.2) is 12.7 Å². The zero-order valence-corrected chi connectivity index (χ0v) is 9.08.